The van der Waals surface area contributed by atoms with Gasteiger partial charge in [-0.1, -0.05) is 25.1 Å². The Labute approximate surface area is 131 Å². The Morgan fingerprint density at radius 2 is 1.95 bits per heavy atom. The molecule has 0 aliphatic heterocycles. The van der Waals surface area contributed by atoms with Crippen molar-refractivity contribution in [2.45, 2.75) is 26.3 Å². The molecule has 0 aromatic heterocycles. The number of nitrogens with one attached hydrogen (secondary N) is 2. The second kappa shape index (κ2) is 9.78. The molecule has 1 aromatic carbocycles. The summed E-state index contributed by atoms with van der Waals surface area (Å²) in [5.74, 6) is 0.469. The first-order chi connectivity index (χ1) is 10.5. The molecule has 1 aromatic rings. The van der Waals surface area contributed by atoms with E-state index in [-0.39, 0.29) is 18.5 Å². The highest BCUT2D eigenvalue weighted by molar-refractivity contribution is 5.95. The van der Waals surface area contributed by atoms with E-state index in [1.54, 1.807) is 11.9 Å². The predicted molar refractivity (Wildman–Crippen MR) is 85.9 cm³/mol. The Morgan fingerprint density at radius 3 is 2.59 bits per heavy atom. The van der Waals surface area contributed by atoms with Gasteiger partial charge in [0.15, 0.2) is 0 Å². The van der Waals surface area contributed by atoms with E-state index >= 15 is 0 Å². The molecule has 1 rings (SSSR count). The number of likely N-dealkylation sites (N-methyl/N-ethyl adjacent to an activating group) is 1. The van der Waals surface area contributed by atoms with Gasteiger partial charge in [-0.25, -0.2) is 4.79 Å². The minimum Gasteiger partial charge on any atom is -0.492 e. The molecule has 0 saturated carbocycles. The molecule has 0 bridgehead atoms. The summed E-state index contributed by atoms with van der Waals surface area (Å²) in [6.45, 7) is 5.07. The highest BCUT2D eigenvalue weighted by Gasteiger charge is 2.11. The molecule has 22 heavy (non-hydrogen) atoms. The summed E-state index contributed by atoms with van der Waals surface area (Å²) in [6.07, 6.45) is 0.818. The van der Waals surface area contributed by atoms with E-state index in [0.717, 1.165) is 12.2 Å². The van der Waals surface area contributed by atoms with Gasteiger partial charge >= 0.3 is 6.03 Å². The van der Waals surface area contributed by atoms with Crippen LogP contribution in [0, 0.1) is 0 Å². The largest absolute Gasteiger partial charge is 0.492 e. The number of para-hydroxylation sites is 1. The van der Waals surface area contributed by atoms with Gasteiger partial charge in [0.05, 0.1) is 6.54 Å². The second-order valence-electron chi connectivity index (χ2n) is 5.23. The zero-order valence-corrected chi connectivity index (χ0v) is 13.5. The number of rotatable bonds is 8. The fraction of sp³-hybridized carbons (Fsp3) is 0.500. The third-order valence-corrected chi connectivity index (χ3v) is 3.14. The van der Waals surface area contributed by atoms with Gasteiger partial charge in [-0.05, 0) is 32.5 Å². The van der Waals surface area contributed by atoms with Crippen LogP contribution in [0.4, 0.5) is 4.79 Å². The number of ether oxygens (including phenoxy) is 1. The van der Waals surface area contributed by atoms with Crippen molar-refractivity contribution in [3.8, 4) is 5.75 Å². The minimum absolute atomic E-state index is 0.0461. The molecule has 6 heteroatoms. The van der Waals surface area contributed by atoms with Gasteiger partial charge < -0.3 is 10.1 Å². The average Bonchev–Trinajstić information content (AvgIpc) is 2.47. The molecule has 0 aliphatic carbocycles. The number of carbonyl (C=O) groups is 2. The van der Waals surface area contributed by atoms with Crippen molar-refractivity contribution in [2.24, 2.45) is 0 Å². The third kappa shape index (κ3) is 7.64. The number of urea groups is 1. The summed E-state index contributed by atoms with van der Waals surface area (Å²) in [7, 11) is 1.81. The lowest BCUT2D eigenvalue weighted by atomic mass is 10.3. The van der Waals surface area contributed by atoms with Gasteiger partial charge in [0.2, 0.25) is 5.91 Å². The molecule has 0 radical (unpaired) electrons. The smallest absolute Gasteiger partial charge is 0.321 e. The van der Waals surface area contributed by atoms with Gasteiger partial charge in [-0.2, -0.15) is 0 Å². The van der Waals surface area contributed by atoms with Crippen LogP contribution in [-0.2, 0) is 4.79 Å². The van der Waals surface area contributed by atoms with Gasteiger partial charge in [-0.15, -0.1) is 0 Å². The van der Waals surface area contributed by atoms with Crippen molar-refractivity contribution in [3.05, 3.63) is 30.3 Å². The fourth-order valence-corrected chi connectivity index (χ4v) is 1.69. The van der Waals surface area contributed by atoms with Crippen molar-refractivity contribution in [2.75, 3.05) is 26.7 Å². The fourth-order valence-electron chi connectivity index (χ4n) is 1.69. The van der Waals surface area contributed by atoms with E-state index in [2.05, 4.69) is 10.6 Å². The molecule has 2 N–H and O–H groups in total. The average molecular weight is 307 g/mol. The van der Waals surface area contributed by atoms with Crippen LogP contribution in [0.1, 0.15) is 20.3 Å². The number of amides is 3. The summed E-state index contributed by atoms with van der Waals surface area (Å²) in [6, 6.07) is 9.09. The van der Waals surface area contributed by atoms with Crippen LogP contribution in [0.5, 0.6) is 5.75 Å². The van der Waals surface area contributed by atoms with Crippen molar-refractivity contribution in [1.29, 1.82) is 0 Å². The third-order valence-electron chi connectivity index (χ3n) is 3.14. The molecule has 0 heterocycles. The van der Waals surface area contributed by atoms with Crippen LogP contribution >= 0.6 is 0 Å². The lowest BCUT2D eigenvalue weighted by molar-refractivity contribution is -0.120. The van der Waals surface area contributed by atoms with E-state index in [9.17, 15) is 9.59 Å². The number of benzene rings is 1. The number of carbonyl (C=O) groups excluding carboxylic acids is 2. The molecule has 6 nitrogen and oxygen atoms in total. The molecule has 0 saturated heterocycles. The Bertz CT molecular complexity index is 465. The summed E-state index contributed by atoms with van der Waals surface area (Å²) < 4.78 is 5.55. The number of hydrogen-bond donors (Lipinski definition) is 2. The van der Waals surface area contributed by atoms with Crippen molar-refractivity contribution in [3.63, 3.8) is 0 Å². The van der Waals surface area contributed by atoms with E-state index in [1.807, 2.05) is 44.2 Å². The second-order valence-corrected chi connectivity index (χ2v) is 5.23. The summed E-state index contributed by atoms with van der Waals surface area (Å²) in [4.78, 5) is 25.0. The first-order valence-corrected chi connectivity index (χ1v) is 7.48. The van der Waals surface area contributed by atoms with E-state index in [4.69, 9.17) is 4.74 Å². The Hall–Kier alpha value is -2.08. The Morgan fingerprint density at radius 1 is 1.27 bits per heavy atom. The maximum Gasteiger partial charge on any atom is 0.321 e. The Balaban J connectivity index is 2.19. The first kappa shape index (κ1) is 18.0. The molecule has 0 unspecified atom stereocenters. The Kier molecular flexibility index (Phi) is 7.99. The van der Waals surface area contributed by atoms with Crippen molar-refractivity contribution < 1.29 is 14.3 Å². The standard InChI is InChI=1S/C16H25N3O3/c1-4-13(2)17-16(21)18-15(20)12-19(3)10-11-22-14-8-6-5-7-9-14/h5-9,13H,4,10-12H2,1-3H3,(H2,17,18,20,21)/t13-/m0/s1. The molecule has 0 fully saturated rings. The summed E-state index contributed by atoms with van der Waals surface area (Å²) in [5.41, 5.74) is 0. The highest BCUT2D eigenvalue weighted by atomic mass is 16.5. The molecular formula is C16H25N3O3. The normalized spacial score (nSPS) is 11.8. The molecule has 1 atom stereocenters. The van der Waals surface area contributed by atoms with Crippen LogP contribution in [0.2, 0.25) is 0 Å². The zero-order chi connectivity index (χ0) is 16.4. The van der Waals surface area contributed by atoms with Gasteiger partial charge in [-0.3, -0.25) is 15.0 Å². The van der Waals surface area contributed by atoms with Crippen molar-refractivity contribution in [1.82, 2.24) is 15.5 Å². The number of hydrogen-bond acceptors (Lipinski definition) is 4. The summed E-state index contributed by atoms with van der Waals surface area (Å²) in [5, 5.41) is 5.00. The molecule has 3 amide bonds. The molecule has 122 valence electrons. The van der Waals surface area contributed by atoms with Crippen LogP contribution in [0.15, 0.2) is 30.3 Å². The van der Waals surface area contributed by atoms with Gasteiger partial charge in [0.25, 0.3) is 0 Å². The van der Waals surface area contributed by atoms with Crippen LogP contribution < -0.4 is 15.4 Å². The minimum atomic E-state index is -0.451. The van der Waals surface area contributed by atoms with Crippen molar-refractivity contribution >= 4 is 11.9 Å². The maximum absolute atomic E-state index is 11.7. The lowest BCUT2D eigenvalue weighted by Gasteiger charge is -2.17. The first-order valence-electron chi connectivity index (χ1n) is 7.48. The molecular weight excluding hydrogens is 282 g/mol. The monoisotopic (exact) mass is 307 g/mol. The van der Waals surface area contributed by atoms with E-state index in [0.29, 0.717) is 13.2 Å². The summed E-state index contributed by atoms with van der Waals surface area (Å²) >= 11 is 0. The van der Waals surface area contributed by atoms with E-state index < -0.39 is 6.03 Å². The maximum atomic E-state index is 11.7. The van der Waals surface area contributed by atoms with Crippen LogP contribution in [0.3, 0.4) is 0 Å². The number of imide groups is 1. The SMILES string of the molecule is CC[C@H](C)NC(=O)NC(=O)CN(C)CCOc1ccccc1. The lowest BCUT2D eigenvalue weighted by Crippen LogP contribution is -2.46. The predicted octanol–water partition coefficient (Wildman–Crippen LogP) is 1.62. The van der Waals surface area contributed by atoms with Crippen LogP contribution in [0.25, 0.3) is 0 Å². The molecule has 0 aliphatic rings. The topological polar surface area (TPSA) is 70.7 Å². The van der Waals surface area contributed by atoms with Gasteiger partial charge in [0, 0.05) is 12.6 Å². The zero-order valence-electron chi connectivity index (χ0n) is 13.5. The van der Waals surface area contributed by atoms with E-state index in [1.165, 1.54) is 0 Å². The molecule has 0 spiro atoms. The highest BCUT2D eigenvalue weighted by Crippen LogP contribution is 2.07. The quantitative estimate of drug-likeness (QED) is 0.765. The van der Waals surface area contributed by atoms with Crippen LogP contribution in [-0.4, -0.2) is 49.6 Å². The van der Waals surface area contributed by atoms with Gasteiger partial charge in [0.1, 0.15) is 12.4 Å². The number of nitrogens with zero attached hydrogens (tertiary/aromatic N) is 1.